The first-order valence-electron chi connectivity index (χ1n) is 7.31. The first-order chi connectivity index (χ1) is 11.5. The van der Waals surface area contributed by atoms with Crippen LogP contribution >= 0.6 is 0 Å². The maximum atomic E-state index is 13.3. The predicted octanol–water partition coefficient (Wildman–Crippen LogP) is 5.09. The highest BCUT2D eigenvalue weighted by Gasteiger charge is 2.81. The number of carbonyl (C=O) groups is 1. The molecule has 0 radical (unpaired) electrons. The topological polar surface area (TPSA) is 46.5 Å². The van der Waals surface area contributed by atoms with Crippen LogP contribution in [0.15, 0.2) is 0 Å². The van der Waals surface area contributed by atoms with E-state index in [1.165, 1.54) is 7.05 Å². The Labute approximate surface area is 143 Å². The number of quaternary nitrogens is 1. The molecule has 1 atom stereocenters. The smallest absolute Gasteiger partial charge is 0.433 e. The molecule has 0 aliphatic heterocycles. The van der Waals surface area contributed by atoms with Crippen molar-refractivity contribution in [1.29, 1.82) is 0 Å². The minimum atomic E-state index is -6.87. The first kappa shape index (κ1) is 24.8. The van der Waals surface area contributed by atoms with Gasteiger partial charge in [0.1, 0.15) is 13.6 Å². The van der Waals surface area contributed by atoms with Crippen molar-refractivity contribution in [3.63, 3.8) is 0 Å². The Morgan fingerprint density at radius 1 is 0.885 bits per heavy atom. The fourth-order valence-electron chi connectivity index (χ4n) is 1.94. The zero-order chi connectivity index (χ0) is 21.0. The summed E-state index contributed by atoms with van der Waals surface area (Å²) in [6.45, 7) is -0.0927. The summed E-state index contributed by atoms with van der Waals surface area (Å²) in [5, 5.41) is 8.88. The van der Waals surface area contributed by atoms with Crippen LogP contribution in [0.4, 0.5) is 44.3 Å². The van der Waals surface area contributed by atoms with E-state index in [0.717, 1.165) is 7.11 Å². The van der Waals surface area contributed by atoms with Gasteiger partial charge < -0.3 is 5.11 Å². The van der Waals surface area contributed by atoms with E-state index >= 15 is 0 Å². The SMILES string of the molecule is CO[N+](C)(CCCCCCC(F)(F)C(F)(F)C(F)(F)C(F)(F)F)C(=O)O. The molecule has 0 aromatic heterocycles. The highest BCUT2D eigenvalue weighted by atomic mass is 19.4. The van der Waals surface area contributed by atoms with E-state index < -0.39 is 47.5 Å². The number of hydrogen-bond acceptors (Lipinski definition) is 2. The summed E-state index contributed by atoms with van der Waals surface area (Å²) in [7, 11) is 2.30. The normalized spacial score (nSPS) is 16.4. The summed E-state index contributed by atoms with van der Waals surface area (Å²) in [4.78, 5) is 15.6. The van der Waals surface area contributed by atoms with Gasteiger partial charge in [0.15, 0.2) is 0 Å². The van der Waals surface area contributed by atoms with Crippen molar-refractivity contribution in [2.45, 2.75) is 56.0 Å². The Morgan fingerprint density at radius 3 is 1.73 bits per heavy atom. The van der Waals surface area contributed by atoms with Crippen molar-refractivity contribution in [1.82, 2.24) is 0 Å². The molecule has 4 nitrogen and oxygen atoms in total. The number of unbranched alkanes of at least 4 members (excludes halogenated alkanes) is 3. The van der Waals surface area contributed by atoms with Gasteiger partial charge in [-0.05, 0) is 12.8 Å². The molecule has 1 amide bonds. The van der Waals surface area contributed by atoms with Gasteiger partial charge in [0.25, 0.3) is 0 Å². The number of rotatable bonds is 10. The standard InChI is InChI=1S/C13H18F9NO3/c1-23(26-2,9(24)25)8-6-4-3-5-7-10(14,15)11(16,17)12(18,19)13(20,21)22/h3-8H2,1-2H3/p+1. The van der Waals surface area contributed by atoms with Gasteiger partial charge in [-0.1, -0.05) is 11.1 Å². The highest BCUT2D eigenvalue weighted by molar-refractivity contribution is 5.55. The Hall–Kier alpha value is -1.24. The molecule has 1 N–H and O–H groups in total. The van der Waals surface area contributed by atoms with Crippen LogP contribution in [0.2, 0.25) is 0 Å². The van der Waals surface area contributed by atoms with E-state index in [4.69, 9.17) is 9.94 Å². The molecule has 156 valence electrons. The zero-order valence-electron chi connectivity index (χ0n) is 13.9. The van der Waals surface area contributed by atoms with E-state index in [1.54, 1.807) is 0 Å². The molecule has 0 spiro atoms. The van der Waals surface area contributed by atoms with E-state index in [1.807, 2.05) is 0 Å². The highest BCUT2D eigenvalue weighted by Crippen LogP contribution is 2.54. The molecule has 0 rings (SSSR count). The maximum Gasteiger partial charge on any atom is 0.546 e. The molecule has 0 saturated carbocycles. The zero-order valence-corrected chi connectivity index (χ0v) is 13.9. The lowest BCUT2D eigenvalue weighted by Crippen LogP contribution is -2.60. The van der Waals surface area contributed by atoms with E-state index in [-0.39, 0.29) is 25.8 Å². The van der Waals surface area contributed by atoms with E-state index in [9.17, 15) is 44.3 Å². The lowest BCUT2D eigenvalue weighted by molar-refractivity contribution is -1.03. The minimum Gasteiger partial charge on any atom is -0.433 e. The molecule has 13 heteroatoms. The average Bonchev–Trinajstić information content (AvgIpc) is 2.48. The van der Waals surface area contributed by atoms with E-state index in [0.29, 0.717) is 0 Å². The van der Waals surface area contributed by atoms with Crippen molar-refractivity contribution >= 4 is 6.09 Å². The Morgan fingerprint density at radius 2 is 1.35 bits per heavy atom. The van der Waals surface area contributed by atoms with Crippen LogP contribution in [0.5, 0.6) is 0 Å². The van der Waals surface area contributed by atoms with Crippen LogP contribution in [0.25, 0.3) is 0 Å². The summed E-state index contributed by atoms with van der Waals surface area (Å²) in [5.74, 6) is -19.0. The minimum absolute atomic E-state index is 0.0573. The molecule has 0 fully saturated rings. The van der Waals surface area contributed by atoms with Gasteiger partial charge in [0, 0.05) is 12.8 Å². The van der Waals surface area contributed by atoms with Crippen molar-refractivity contribution in [3.8, 4) is 0 Å². The molecule has 0 aromatic carbocycles. The molecule has 26 heavy (non-hydrogen) atoms. The van der Waals surface area contributed by atoms with Crippen LogP contribution in [-0.4, -0.2) is 60.5 Å². The van der Waals surface area contributed by atoms with Crippen LogP contribution < -0.4 is 0 Å². The van der Waals surface area contributed by atoms with Gasteiger partial charge in [-0.15, -0.1) is 0 Å². The fourth-order valence-corrected chi connectivity index (χ4v) is 1.94. The van der Waals surface area contributed by atoms with Gasteiger partial charge in [-0.2, -0.15) is 49.1 Å². The summed E-state index contributed by atoms with van der Waals surface area (Å²) >= 11 is 0. The van der Waals surface area contributed by atoms with Gasteiger partial charge in [0.2, 0.25) is 0 Å². The third kappa shape index (κ3) is 5.15. The van der Waals surface area contributed by atoms with Crippen LogP contribution in [-0.2, 0) is 4.84 Å². The molecular weight excluding hydrogens is 389 g/mol. The van der Waals surface area contributed by atoms with Crippen LogP contribution in [0.1, 0.15) is 32.1 Å². The maximum absolute atomic E-state index is 13.3. The lowest BCUT2D eigenvalue weighted by atomic mass is 9.98. The lowest BCUT2D eigenvalue weighted by Gasteiger charge is -2.33. The second kappa shape index (κ2) is 8.19. The summed E-state index contributed by atoms with van der Waals surface area (Å²) in [6, 6.07) is 0. The summed E-state index contributed by atoms with van der Waals surface area (Å²) in [6.07, 6.45) is -10.8. The first-order valence-corrected chi connectivity index (χ1v) is 7.31. The van der Waals surface area contributed by atoms with Gasteiger partial charge in [-0.3, -0.25) is 0 Å². The second-order valence-electron chi connectivity index (χ2n) is 5.80. The Balaban J connectivity index is 4.61. The number of carboxylic acid groups (broad SMARTS) is 1. The van der Waals surface area contributed by atoms with Crippen molar-refractivity contribution in [2.75, 3.05) is 20.7 Å². The Kier molecular flexibility index (Phi) is 7.80. The van der Waals surface area contributed by atoms with E-state index in [2.05, 4.69) is 0 Å². The number of amides is 1. The predicted molar refractivity (Wildman–Crippen MR) is 70.1 cm³/mol. The second-order valence-corrected chi connectivity index (χ2v) is 5.80. The quantitative estimate of drug-likeness (QED) is 0.237. The molecule has 0 aliphatic rings. The van der Waals surface area contributed by atoms with Gasteiger partial charge in [0.05, 0.1) is 7.11 Å². The average molecular weight is 408 g/mol. The summed E-state index contributed by atoms with van der Waals surface area (Å²) < 4.78 is 113. The Bertz CT molecular complexity index is 482. The van der Waals surface area contributed by atoms with Crippen molar-refractivity contribution in [2.24, 2.45) is 0 Å². The molecule has 1 unspecified atom stereocenters. The van der Waals surface area contributed by atoms with Gasteiger partial charge in [-0.25, -0.2) is 0 Å². The largest absolute Gasteiger partial charge is 0.546 e. The third-order valence-electron chi connectivity index (χ3n) is 3.84. The van der Waals surface area contributed by atoms with Crippen molar-refractivity contribution in [3.05, 3.63) is 0 Å². The number of halogens is 9. The molecule has 0 heterocycles. The fraction of sp³-hybridized carbons (Fsp3) is 0.923. The molecular formula is C13H19F9NO3+. The third-order valence-corrected chi connectivity index (χ3v) is 3.84. The number of alkyl halides is 9. The molecule has 0 saturated heterocycles. The monoisotopic (exact) mass is 408 g/mol. The number of hydroxylamine groups is 3. The van der Waals surface area contributed by atoms with Crippen LogP contribution in [0, 0.1) is 0 Å². The molecule has 0 aliphatic carbocycles. The number of hydrogen-bond donors (Lipinski definition) is 1. The van der Waals surface area contributed by atoms with Crippen molar-refractivity contribution < 1.29 is 58.9 Å². The molecule has 0 aromatic rings. The summed E-state index contributed by atoms with van der Waals surface area (Å²) in [5.41, 5.74) is 0. The molecule has 0 bridgehead atoms. The van der Waals surface area contributed by atoms with Crippen LogP contribution in [0.3, 0.4) is 0 Å². The number of nitrogens with zero attached hydrogens (tertiary/aromatic N) is 1. The van der Waals surface area contributed by atoms with Gasteiger partial charge >= 0.3 is 30.0 Å².